The number of nitrogen functional groups attached to an aromatic ring is 1. The van der Waals surface area contributed by atoms with Gasteiger partial charge in [-0.05, 0) is 54.8 Å². The molecule has 4 aromatic rings. The lowest BCUT2D eigenvalue weighted by atomic mass is 10.0. The third-order valence-corrected chi connectivity index (χ3v) is 6.25. The summed E-state index contributed by atoms with van der Waals surface area (Å²) in [5, 5.41) is 5.09. The number of pyridine rings is 2. The van der Waals surface area contributed by atoms with Gasteiger partial charge >= 0.3 is 0 Å². The number of imidazole rings is 1. The minimum Gasteiger partial charge on any atom is -0.384 e. The molecule has 10 nitrogen and oxygen atoms in total. The van der Waals surface area contributed by atoms with Crippen LogP contribution in [0.5, 0.6) is 0 Å². The number of nitrogens with two attached hydrogens (primary N) is 3. The summed E-state index contributed by atoms with van der Waals surface area (Å²) in [4.78, 5) is 23.5. The van der Waals surface area contributed by atoms with Crippen LogP contribution in [-0.4, -0.2) is 25.9 Å². The predicted octanol–water partition coefficient (Wildman–Crippen LogP) is 2.93. The Balaban J connectivity index is 1.56. The first-order valence-corrected chi connectivity index (χ1v) is 11.1. The van der Waals surface area contributed by atoms with Gasteiger partial charge in [-0.2, -0.15) is 18.9 Å². The number of hydrazine groups is 1. The largest absolute Gasteiger partial charge is 0.384 e. The zero-order chi connectivity index (χ0) is 25.6. The first kappa shape index (κ1) is 23.5. The Morgan fingerprint density at radius 3 is 2.69 bits per heavy atom. The second-order valence-corrected chi connectivity index (χ2v) is 8.63. The number of hydrogen-bond donors (Lipinski definition) is 4. The van der Waals surface area contributed by atoms with E-state index < -0.39 is 17.9 Å². The van der Waals surface area contributed by atoms with Gasteiger partial charge in [0.1, 0.15) is 18.0 Å². The molecule has 3 aromatic heterocycles. The van der Waals surface area contributed by atoms with Gasteiger partial charge in [0.15, 0.2) is 0 Å². The molecule has 7 N–H and O–H groups in total. The summed E-state index contributed by atoms with van der Waals surface area (Å²) in [6.45, 7) is 0. The van der Waals surface area contributed by atoms with Crippen LogP contribution in [0.25, 0.3) is 22.5 Å². The molecule has 0 radical (unpaired) electrons. The van der Waals surface area contributed by atoms with Gasteiger partial charge in [-0.1, -0.05) is 11.6 Å². The molecule has 0 fully saturated rings. The molecule has 1 atom stereocenters. The van der Waals surface area contributed by atoms with Gasteiger partial charge in [0, 0.05) is 22.3 Å². The van der Waals surface area contributed by atoms with Gasteiger partial charge in [0.05, 0.1) is 23.0 Å². The fraction of sp³-hybridized carbons (Fsp3) is 0.130. The highest BCUT2D eigenvalue weighted by molar-refractivity contribution is 6.31. The number of anilines is 2. The molecule has 4 heterocycles. The summed E-state index contributed by atoms with van der Waals surface area (Å²) in [5.74, 6) is 9.48. The van der Waals surface area contributed by atoms with Crippen LogP contribution in [0.4, 0.5) is 20.3 Å². The highest BCUT2D eigenvalue weighted by Crippen LogP contribution is 2.36. The van der Waals surface area contributed by atoms with E-state index in [9.17, 15) is 13.6 Å². The van der Waals surface area contributed by atoms with Gasteiger partial charge in [0.25, 0.3) is 5.56 Å². The van der Waals surface area contributed by atoms with Crippen molar-refractivity contribution in [1.29, 1.82) is 0 Å². The van der Waals surface area contributed by atoms with E-state index in [1.165, 1.54) is 34.1 Å². The lowest BCUT2D eigenvalue weighted by Crippen LogP contribution is -2.30. The molecule has 1 aliphatic heterocycles. The van der Waals surface area contributed by atoms with Crippen LogP contribution in [0.3, 0.4) is 0 Å². The van der Waals surface area contributed by atoms with E-state index in [1.807, 2.05) is 6.07 Å². The van der Waals surface area contributed by atoms with Gasteiger partial charge in [0.2, 0.25) is 11.9 Å². The van der Waals surface area contributed by atoms with Gasteiger partial charge < -0.3 is 21.1 Å². The molecular formula is C23H20ClF2N9O. The minimum atomic E-state index is -0.880. The number of aromatic amines is 1. The van der Waals surface area contributed by atoms with Gasteiger partial charge in [-0.3, -0.25) is 9.80 Å². The Labute approximate surface area is 208 Å². The molecule has 36 heavy (non-hydrogen) atoms. The Morgan fingerprint density at radius 1 is 1.14 bits per heavy atom. The fourth-order valence-corrected chi connectivity index (χ4v) is 4.63. The van der Waals surface area contributed by atoms with E-state index in [-0.39, 0.29) is 28.5 Å². The number of fused-ring (bicyclic) bond motifs is 1. The number of aromatic nitrogens is 4. The lowest BCUT2D eigenvalue weighted by Gasteiger charge is -2.19. The third kappa shape index (κ3) is 4.06. The van der Waals surface area contributed by atoms with Crippen LogP contribution >= 0.6 is 11.6 Å². The third-order valence-electron chi connectivity index (χ3n) is 6.02. The summed E-state index contributed by atoms with van der Waals surface area (Å²) < 4.78 is 30.7. The quantitative estimate of drug-likeness (QED) is 0.105. The number of halogens is 3. The van der Waals surface area contributed by atoms with Crippen molar-refractivity contribution in [2.75, 3.05) is 10.7 Å². The second-order valence-electron chi connectivity index (χ2n) is 8.20. The summed E-state index contributed by atoms with van der Waals surface area (Å²) >= 11 is 6.21. The van der Waals surface area contributed by atoms with Crippen LogP contribution in [0.15, 0.2) is 52.4 Å². The number of rotatable bonds is 5. The highest BCUT2D eigenvalue weighted by atomic mass is 35.5. The van der Waals surface area contributed by atoms with Gasteiger partial charge in [-0.15, -0.1) is 0 Å². The molecule has 1 unspecified atom stereocenters. The Morgan fingerprint density at radius 2 is 1.94 bits per heavy atom. The van der Waals surface area contributed by atoms with Crippen molar-refractivity contribution in [2.45, 2.75) is 18.9 Å². The average molecular weight is 512 g/mol. The average Bonchev–Trinajstić information content (AvgIpc) is 3.42. The molecule has 1 aliphatic rings. The zero-order valence-electron chi connectivity index (χ0n) is 18.6. The number of aryl methyl sites for hydroxylation is 1. The number of nitrogens with one attached hydrogen (secondary N) is 1. The second kappa shape index (κ2) is 9.06. The van der Waals surface area contributed by atoms with Crippen LogP contribution in [0.1, 0.15) is 23.9 Å². The predicted molar refractivity (Wildman–Crippen MR) is 133 cm³/mol. The van der Waals surface area contributed by atoms with Crippen molar-refractivity contribution < 1.29 is 8.78 Å². The molecular weight excluding hydrogens is 492 g/mol. The topological polar surface area (TPSA) is 157 Å². The molecule has 1 aromatic carbocycles. The molecule has 0 saturated carbocycles. The summed E-state index contributed by atoms with van der Waals surface area (Å²) in [7, 11) is 0. The Bertz CT molecular complexity index is 1570. The van der Waals surface area contributed by atoms with Crippen LogP contribution in [0.2, 0.25) is 5.02 Å². The first-order chi connectivity index (χ1) is 17.3. The molecule has 0 spiro atoms. The molecule has 184 valence electrons. The summed E-state index contributed by atoms with van der Waals surface area (Å²) in [6, 6.07) is 10.3. The van der Waals surface area contributed by atoms with Crippen molar-refractivity contribution in [3.63, 3.8) is 0 Å². The van der Waals surface area contributed by atoms with Crippen molar-refractivity contribution >= 4 is 29.4 Å². The molecule has 5 rings (SSSR count). The number of benzene rings is 1. The first-order valence-electron chi connectivity index (χ1n) is 10.8. The maximum absolute atomic E-state index is 14.9. The molecule has 0 aliphatic carbocycles. The Hall–Kier alpha value is -4.29. The van der Waals surface area contributed by atoms with E-state index in [2.05, 4.69) is 20.1 Å². The zero-order valence-corrected chi connectivity index (χ0v) is 19.4. The van der Waals surface area contributed by atoms with E-state index in [1.54, 1.807) is 18.2 Å². The molecule has 0 amide bonds. The normalized spacial score (nSPS) is 14.9. The van der Waals surface area contributed by atoms with Crippen molar-refractivity contribution in [3.05, 3.63) is 81.1 Å². The molecule has 13 heteroatoms. The standard InChI is InChI=1S/C23H20ClF2N9O/c24-12-1-4-16(34(29)10-30-28)15(9-12)11-7-13-2-5-17(35(13)19(36)8-11)20-22(26)33-23(32-20)14-3-6-18(27)31-21(14)25/h1,3-4,6-10,17H,2,5,28-29H2,(H2,27,31)(H,32,33)/b30-10-. The molecule has 0 bridgehead atoms. The number of hydrazone groups is 1. The van der Waals surface area contributed by atoms with E-state index in [0.717, 1.165) is 0 Å². The monoisotopic (exact) mass is 511 g/mol. The van der Waals surface area contributed by atoms with Crippen LogP contribution in [0, 0.1) is 11.9 Å². The number of hydrogen-bond acceptors (Lipinski definition) is 7. The number of nitrogens with zero attached hydrogens (tertiary/aromatic N) is 5. The maximum atomic E-state index is 14.9. The van der Waals surface area contributed by atoms with Crippen molar-refractivity contribution in [2.24, 2.45) is 16.8 Å². The van der Waals surface area contributed by atoms with Crippen molar-refractivity contribution in [3.8, 4) is 22.5 Å². The smallest absolute Gasteiger partial charge is 0.251 e. The minimum absolute atomic E-state index is 0.00786. The number of H-pyrrole nitrogens is 1. The summed E-state index contributed by atoms with van der Waals surface area (Å²) in [5.41, 5.74) is 7.55. The summed E-state index contributed by atoms with van der Waals surface area (Å²) in [6.07, 6.45) is 2.15. The van der Waals surface area contributed by atoms with Crippen molar-refractivity contribution in [1.82, 2.24) is 19.5 Å². The lowest BCUT2D eigenvalue weighted by molar-refractivity contribution is 0.515. The fourth-order valence-electron chi connectivity index (χ4n) is 4.46. The van der Waals surface area contributed by atoms with E-state index in [0.29, 0.717) is 40.4 Å². The van der Waals surface area contributed by atoms with E-state index >= 15 is 0 Å². The Kier molecular flexibility index (Phi) is 5.90. The maximum Gasteiger partial charge on any atom is 0.251 e. The SMILES string of the molecule is N/N=C\N(N)c1ccc(Cl)cc1-c1cc2n(c(=O)c1)C(c1[nH]c(-c3ccc(N)nc3F)nc1F)CC2. The van der Waals surface area contributed by atoms with Crippen LogP contribution < -0.4 is 28.0 Å². The highest BCUT2D eigenvalue weighted by Gasteiger charge is 2.30. The van der Waals surface area contributed by atoms with E-state index in [4.69, 9.17) is 29.0 Å². The molecule has 0 saturated heterocycles. The van der Waals surface area contributed by atoms with Crippen LogP contribution in [-0.2, 0) is 6.42 Å². The van der Waals surface area contributed by atoms with Gasteiger partial charge in [-0.25, -0.2) is 10.8 Å².